The molecule has 136 valence electrons. The number of nitrogens with one attached hydrogen (secondary N) is 1. The molecule has 3 aromatic carbocycles. The summed E-state index contributed by atoms with van der Waals surface area (Å²) in [5, 5.41) is 2.74. The number of halogens is 1. The lowest BCUT2D eigenvalue weighted by atomic mass is 10.1. The minimum atomic E-state index is -0.570. The van der Waals surface area contributed by atoms with Gasteiger partial charge in [0, 0.05) is 5.56 Å². The monoisotopic (exact) mass is 363 g/mol. The fourth-order valence-electron chi connectivity index (χ4n) is 2.48. The second-order valence-corrected chi connectivity index (χ2v) is 6.07. The van der Waals surface area contributed by atoms with E-state index in [0.717, 1.165) is 5.56 Å². The van der Waals surface area contributed by atoms with E-state index in [0.29, 0.717) is 16.8 Å². The van der Waals surface area contributed by atoms with Gasteiger partial charge in [-0.2, -0.15) is 0 Å². The van der Waals surface area contributed by atoms with E-state index >= 15 is 0 Å². The lowest BCUT2D eigenvalue weighted by Crippen LogP contribution is -2.15. The Morgan fingerprint density at radius 1 is 0.926 bits per heavy atom. The van der Waals surface area contributed by atoms with Crippen molar-refractivity contribution < 1.29 is 18.7 Å². The van der Waals surface area contributed by atoms with Gasteiger partial charge >= 0.3 is 5.97 Å². The summed E-state index contributed by atoms with van der Waals surface area (Å²) in [6, 6.07) is 19.5. The van der Waals surface area contributed by atoms with Crippen molar-refractivity contribution in [3.63, 3.8) is 0 Å². The third kappa shape index (κ3) is 4.79. The average molecular weight is 363 g/mol. The summed E-state index contributed by atoms with van der Waals surface area (Å²) in [6.07, 6.45) is 0. The molecule has 3 rings (SSSR count). The molecule has 0 saturated heterocycles. The molecule has 0 unspecified atom stereocenters. The molecule has 0 aromatic heterocycles. The van der Waals surface area contributed by atoms with E-state index in [1.54, 1.807) is 48.5 Å². The molecule has 5 heteroatoms. The maximum Gasteiger partial charge on any atom is 0.340 e. The molecule has 0 aliphatic heterocycles. The molecule has 1 N–H and O–H groups in total. The number of hydrogen-bond donors (Lipinski definition) is 1. The van der Waals surface area contributed by atoms with Crippen LogP contribution < -0.4 is 5.32 Å². The highest BCUT2D eigenvalue weighted by Crippen LogP contribution is 2.18. The van der Waals surface area contributed by atoms with Crippen LogP contribution in [0.3, 0.4) is 0 Å². The van der Waals surface area contributed by atoms with Crippen LogP contribution in [0.15, 0.2) is 72.8 Å². The summed E-state index contributed by atoms with van der Waals surface area (Å²) < 4.78 is 18.2. The second kappa shape index (κ2) is 8.27. The SMILES string of the molecule is Cc1ccc(C(=O)Nc2ccccc2C(=O)OCc2ccc(F)cc2)cc1. The first-order valence-electron chi connectivity index (χ1n) is 8.41. The van der Waals surface area contributed by atoms with Crippen molar-refractivity contribution in [2.24, 2.45) is 0 Å². The van der Waals surface area contributed by atoms with Crippen LogP contribution in [0, 0.1) is 12.7 Å². The molecule has 27 heavy (non-hydrogen) atoms. The molecule has 1 amide bonds. The highest BCUT2D eigenvalue weighted by Gasteiger charge is 2.15. The highest BCUT2D eigenvalue weighted by atomic mass is 19.1. The number of hydrogen-bond acceptors (Lipinski definition) is 3. The van der Waals surface area contributed by atoms with Crippen LogP contribution in [0.1, 0.15) is 31.8 Å². The summed E-state index contributed by atoms with van der Waals surface area (Å²) >= 11 is 0. The van der Waals surface area contributed by atoms with Crippen molar-refractivity contribution in [3.05, 3.63) is 101 Å². The van der Waals surface area contributed by atoms with Gasteiger partial charge < -0.3 is 10.1 Å². The largest absolute Gasteiger partial charge is 0.457 e. The third-order valence-corrected chi connectivity index (χ3v) is 3.99. The number of aryl methyl sites for hydroxylation is 1. The molecule has 4 nitrogen and oxygen atoms in total. The van der Waals surface area contributed by atoms with Gasteiger partial charge in [-0.05, 0) is 48.9 Å². The maximum absolute atomic E-state index is 12.9. The van der Waals surface area contributed by atoms with E-state index in [9.17, 15) is 14.0 Å². The third-order valence-electron chi connectivity index (χ3n) is 3.99. The van der Waals surface area contributed by atoms with Crippen molar-refractivity contribution in [1.82, 2.24) is 0 Å². The number of anilines is 1. The van der Waals surface area contributed by atoms with Crippen LogP contribution in [0.5, 0.6) is 0 Å². The Labute approximate surface area is 156 Å². The van der Waals surface area contributed by atoms with Crippen LogP contribution in [-0.4, -0.2) is 11.9 Å². The Kier molecular flexibility index (Phi) is 5.61. The van der Waals surface area contributed by atoms with E-state index in [1.165, 1.54) is 12.1 Å². The van der Waals surface area contributed by atoms with Gasteiger partial charge in [0.15, 0.2) is 0 Å². The molecule has 0 saturated carbocycles. The van der Waals surface area contributed by atoms with E-state index < -0.39 is 5.97 Å². The number of para-hydroxylation sites is 1. The Bertz CT molecular complexity index is 950. The first-order valence-corrected chi connectivity index (χ1v) is 8.41. The minimum absolute atomic E-state index is 0.0133. The zero-order valence-corrected chi connectivity index (χ0v) is 14.7. The Balaban J connectivity index is 1.70. The van der Waals surface area contributed by atoms with Gasteiger partial charge in [-0.1, -0.05) is 42.0 Å². The smallest absolute Gasteiger partial charge is 0.340 e. The van der Waals surface area contributed by atoms with Gasteiger partial charge in [0.2, 0.25) is 0 Å². The minimum Gasteiger partial charge on any atom is -0.457 e. The van der Waals surface area contributed by atoms with Crippen LogP contribution >= 0.6 is 0 Å². The number of amides is 1. The van der Waals surface area contributed by atoms with Crippen molar-refractivity contribution in [2.75, 3.05) is 5.32 Å². The number of ether oxygens (including phenoxy) is 1. The number of carbonyl (C=O) groups excluding carboxylic acids is 2. The standard InChI is InChI=1S/C22H18FNO3/c1-15-6-10-17(11-7-15)21(25)24-20-5-3-2-4-19(20)22(26)27-14-16-8-12-18(23)13-9-16/h2-13H,14H2,1H3,(H,24,25). The zero-order valence-electron chi connectivity index (χ0n) is 14.7. The van der Waals surface area contributed by atoms with Crippen molar-refractivity contribution in [2.45, 2.75) is 13.5 Å². The van der Waals surface area contributed by atoms with Crippen molar-refractivity contribution in [1.29, 1.82) is 0 Å². The second-order valence-electron chi connectivity index (χ2n) is 6.07. The fraction of sp³-hybridized carbons (Fsp3) is 0.0909. The summed E-state index contributed by atoms with van der Waals surface area (Å²) in [5.41, 5.74) is 2.84. The predicted molar refractivity (Wildman–Crippen MR) is 101 cm³/mol. The van der Waals surface area contributed by atoms with Gasteiger partial charge in [-0.15, -0.1) is 0 Å². The fourth-order valence-corrected chi connectivity index (χ4v) is 2.48. The van der Waals surface area contributed by atoms with Crippen molar-refractivity contribution >= 4 is 17.6 Å². The van der Waals surface area contributed by atoms with Crippen molar-refractivity contribution in [3.8, 4) is 0 Å². The molecule has 0 heterocycles. The Morgan fingerprint density at radius 3 is 2.30 bits per heavy atom. The molecule has 0 spiro atoms. The molecular formula is C22H18FNO3. The van der Waals surface area contributed by atoms with Gasteiger partial charge in [0.25, 0.3) is 5.91 Å². The van der Waals surface area contributed by atoms with E-state index in [1.807, 2.05) is 19.1 Å². The number of esters is 1. The molecule has 0 fully saturated rings. The first-order chi connectivity index (χ1) is 13.0. The summed E-state index contributed by atoms with van der Waals surface area (Å²) in [5.74, 6) is -1.23. The normalized spacial score (nSPS) is 10.3. The lowest BCUT2D eigenvalue weighted by Gasteiger charge is -2.11. The molecular weight excluding hydrogens is 345 g/mol. The van der Waals surface area contributed by atoms with Gasteiger partial charge in [-0.3, -0.25) is 4.79 Å². The average Bonchev–Trinajstić information content (AvgIpc) is 2.68. The lowest BCUT2D eigenvalue weighted by molar-refractivity contribution is 0.0474. The first kappa shape index (κ1) is 18.3. The Morgan fingerprint density at radius 2 is 1.59 bits per heavy atom. The van der Waals surface area contributed by atoms with Crippen LogP contribution in [-0.2, 0) is 11.3 Å². The molecule has 0 aliphatic carbocycles. The maximum atomic E-state index is 12.9. The number of rotatable bonds is 5. The van der Waals surface area contributed by atoms with Gasteiger partial charge in [0.05, 0.1) is 11.3 Å². The topological polar surface area (TPSA) is 55.4 Å². The van der Waals surface area contributed by atoms with Crippen LogP contribution in [0.4, 0.5) is 10.1 Å². The van der Waals surface area contributed by atoms with E-state index in [4.69, 9.17) is 4.74 Å². The molecule has 0 bridgehead atoms. The van der Waals surface area contributed by atoms with E-state index in [2.05, 4.69) is 5.32 Å². The summed E-state index contributed by atoms with van der Waals surface area (Å²) in [7, 11) is 0. The number of benzene rings is 3. The van der Waals surface area contributed by atoms with Crippen LogP contribution in [0.25, 0.3) is 0 Å². The highest BCUT2D eigenvalue weighted by molar-refractivity contribution is 6.08. The summed E-state index contributed by atoms with van der Waals surface area (Å²) in [6.45, 7) is 1.95. The predicted octanol–water partition coefficient (Wildman–Crippen LogP) is 4.74. The Hall–Kier alpha value is -3.47. The van der Waals surface area contributed by atoms with Gasteiger partial charge in [-0.25, -0.2) is 9.18 Å². The molecule has 0 radical (unpaired) electrons. The van der Waals surface area contributed by atoms with E-state index in [-0.39, 0.29) is 23.9 Å². The zero-order chi connectivity index (χ0) is 19.2. The molecule has 3 aromatic rings. The molecule has 0 aliphatic rings. The molecule has 0 atom stereocenters. The summed E-state index contributed by atoms with van der Waals surface area (Å²) in [4.78, 5) is 24.8. The quantitative estimate of drug-likeness (QED) is 0.666. The van der Waals surface area contributed by atoms with Gasteiger partial charge in [0.1, 0.15) is 12.4 Å². The van der Waals surface area contributed by atoms with Crippen LogP contribution in [0.2, 0.25) is 0 Å². The number of carbonyl (C=O) groups is 2.